The molecule has 0 aromatic carbocycles. The summed E-state index contributed by atoms with van der Waals surface area (Å²) in [4.78, 5) is 19.8. The number of anilines is 1. The Bertz CT molecular complexity index is 688. The van der Waals surface area contributed by atoms with Gasteiger partial charge in [-0.05, 0) is 45.1 Å². The van der Waals surface area contributed by atoms with Crippen LogP contribution < -0.4 is 4.90 Å². The monoisotopic (exact) mass is 283 g/mol. The van der Waals surface area contributed by atoms with Crippen molar-refractivity contribution < 1.29 is 0 Å². The summed E-state index contributed by atoms with van der Waals surface area (Å²) in [6, 6.07) is 0. The summed E-state index contributed by atoms with van der Waals surface area (Å²) < 4.78 is 0. The zero-order chi connectivity index (χ0) is 14.4. The first-order chi connectivity index (χ1) is 10.2. The van der Waals surface area contributed by atoms with Crippen LogP contribution in [0.3, 0.4) is 0 Å². The molecule has 3 heterocycles. The first kappa shape index (κ1) is 12.8. The lowest BCUT2D eigenvalue weighted by atomic mass is 9.95. The molecule has 5 nitrogen and oxygen atoms in total. The Labute approximate surface area is 124 Å². The number of H-pyrrole nitrogens is 1. The molecule has 21 heavy (non-hydrogen) atoms. The number of aromatic amines is 1. The minimum absolute atomic E-state index is 0.842. The van der Waals surface area contributed by atoms with Gasteiger partial charge in [0.05, 0.1) is 17.9 Å². The van der Waals surface area contributed by atoms with Crippen LogP contribution in [-0.4, -0.2) is 26.5 Å². The number of nitrogens with one attached hydrogen (secondary N) is 1. The Morgan fingerprint density at radius 2 is 1.81 bits per heavy atom. The predicted octanol–water partition coefficient (Wildman–Crippen LogP) is 2.26. The lowest BCUT2D eigenvalue weighted by Gasteiger charge is -2.28. The molecule has 5 heteroatoms. The SMILES string of the molecule is Cc1nc2c([nH]1)CN(c1nc(C)c3c(n1)CCCC3)CC2. The maximum absolute atomic E-state index is 4.86. The lowest BCUT2D eigenvalue weighted by molar-refractivity contribution is 0.639. The highest BCUT2D eigenvalue weighted by molar-refractivity contribution is 5.40. The molecule has 0 atom stereocenters. The average Bonchev–Trinajstić information content (AvgIpc) is 2.86. The highest BCUT2D eigenvalue weighted by atomic mass is 15.3. The Balaban J connectivity index is 1.67. The standard InChI is InChI=1S/C16H21N5/c1-10-12-5-3-4-6-13(12)20-16(17-10)21-8-7-14-15(9-21)19-11(2)18-14/h3-9H2,1-2H3,(H,18,19). The summed E-state index contributed by atoms with van der Waals surface area (Å²) in [6.45, 7) is 5.94. The zero-order valence-corrected chi connectivity index (χ0v) is 12.7. The van der Waals surface area contributed by atoms with Crippen LogP contribution in [0.25, 0.3) is 0 Å². The van der Waals surface area contributed by atoms with Gasteiger partial charge in [-0.15, -0.1) is 0 Å². The second-order valence-corrected chi connectivity index (χ2v) is 6.16. The van der Waals surface area contributed by atoms with Crippen molar-refractivity contribution in [3.63, 3.8) is 0 Å². The van der Waals surface area contributed by atoms with Gasteiger partial charge < -0.3 is 9.88 Å². The molecule has 2 aromatic heterocycles. The van der Waals surface area contributed by atoms with E-state index in [4.69, 9.17) is 9.97 Å². The molecule has 1 aliphatic carbocycles. The van der Waals surface area contributed by atoms with Gasteiger partial charge in [-0.25, -0.2) is 15.0 Å². The second-order valence-electron chi connectivity index (χ2n) is 6.16. The Kier molecular flexibility index (Phi) is 2.94. The summed E-state index contributed by atoms with van der Waals surface area (Å²) in [7, 11) is 0. The van der Waals surface area contributed by atoms with Crippen molar-refractivity contribution >= 4 is 5.95 Å². The second kappa shape index (κ2) is 4.83. The number of fused-ring (bicyclic) bond motifs is 2. The van der Waals surface area contributed by atoms with E-state index >= 15 is 0 Å². The van der Waals surface area contributed by atoms with Crippen molar-refractivity contribution in [2.45, 2.75) is 52.5 Å². The molecular weight excluding hydrogens is 262 g/mol. The first-order valence-electron chi connectivity index (χ1n) is 7.86. The van der Waals surface area contributed by atoms with Crippen LogP contribution in [0.5, 0.6) is 0 Å². The van der Waals surface area contributed by atoms with E-state index in [0.29, 0.717) is 0 Å². The number of nitrogens with zero attached hydrogens (tertiary/aromatic N) is 4. The lowest BCUT2D eigenvalue weighted by Crippen LogP contribution is -2.32. The summed E-state index contributed by atoms with van der Waals surface area (Å²) in [5, 5.41) is 0. The highest BCUT2D eigenvalue weighted by Gasteiger charge is 2.23. The van der Waals surface area contributed by atoms with Gasteiger partial charge in [0, 0.05) is 24.4 Å². The number of aryl methyl sites for hydroxylation is 3. The van der Waals surface area contributed by atoms with Crippen LogP contribution in [0.15, 0.2) is 0 Å². The molecule has 2 aromatic rings. The highest BCUT2D eigenvalue weighted by Crippen LogP contribution is 2.26. The van der Waals surface area contributed by atoms with Crippen molar-refractivity contribution in [1.29, 1.82) is 0 Å². The van der Waals surface area contributed by atoms with E-state index in [2.05, 4.69) is 21.8 Å². The first-order valence-corrected chi connectivity index (χ1v) is 7.86. The summed E-state index contributed by atoms with van der Waals surface area (Å²) in [6.07, 6.45) is 5.75. The smallest absolute Gasteiger partial charge is 0.226 e. The number of aromatic nitrogens is 4. The van der Waals surface area contributed by atoms with Crippen LogP contribution in [0.4, 0.5) is 5.95 Å². The summed E-state index contributed by atoms with van der Waals surface area (Å²) in [5.41, 5.74) is 6.26. The molecule has 0 bridgehead atoms. The van der Waals surface area contributed by atoms with Crippen LogP contribution >= 0.6 is 0 Å². The quantitative estimate of drug-likeness (QED) is 0.872. The van der Waals surface area contributed by atoms with E-state index < -0.39 is 0 Å². The van der Waals surface area contributed by atoms with Gasteiger partial charge in [-0.2, -0.15) is 0 Å². The molecule has 1 N–H and O–H groups in total. The summed E-state index contributed by atoms with van der Waals surface area (Å²) in [5.74, 6) is 1.90. The van der Waals surface area contributed by atoms with E-state index in [-0.39, 0.29) is 0 Å². The van der Waals surface area contributed by atoms with Crippen LogP contribution in [0, 0.1) is 13.8 Å². The fourth-order valence-electron chi connectivity index (χ4n) is 3.51. The Morgan fingerprint density at radius 3 is 2.71 bits per heavy atom. The van der Waals surface area contributed by atoms with Gasteiger partial charge in [0.25, 0.3) is 0 Å². The molecule has 0 saturated heterocycles. The van der Waals surface area contributed by atoms with Crippen molar-refractivity contribution in [1.82, 2.24) is 19.9 Å². The number of rotatable bonds is 1. The Hall–Kier alpha value is -1.91. The van der Waals surface area contributed by atoms with E-state index in [9.17, 15) is 0 Å². The van der Waals surface area contributed by atoms with E-state index in [1.807, 2.05) is 6.92 Å². The fourth-order valence-corrected chi connectivity index (χ4v) is 3.51. The molecule has 0 unspecified atom stereocenters. The molecule has 0 radical (unpaired) electrons. The normalized spacial score (nSPS) is 17.5. The fraction of sp³-hybridized carbons (Fsp3) is 0.562. The van der Waals surface area contributed by atoms with Crippen LogP contribution in [0.2, 0.25) is 0 Å². The van der Waals surface area contributed by atoms with Gasteiger partial charge in [0.2, 0.25) is 5.95 Å². The summed E-state index contributed by atoms with van der Waals surface area (Å²) >= 11 is 0. The third kappa shape index (κ3) is 2.20. The molecule has 0 spiro atoms. The minimum Gasteiger partial charge on any atom is -0.344 e. The molecule has 0 fully saturated rings. The molecule has 0 saturated carbocycles. The number of imidazole rings is 1. The largest absolute Gasteiger partial charge is 0.344 e. The van der Waals surface area contributed by atoms with Gasteiger partial charge in [0.15, 0.2) is 0 Å². The predicted molar refractivity (Wildman–Crippen MR) is 81.5 cm³/mol. The zero-order valence-electron chi connectivity index (χ0n) is 12.7. The third-order valence-electron chi connectivity index (χ3n) is 4.61. The van der Waals surface area contributed by atoms with Crippen molar-refractivity contribution in [2.24, 2.45) is 0 Å². The van der Waals surface area contributed by atoms with E-state index in [1.54, 1.807) is 0 Å². The van der Waals surface area contributed by atoms with Crippen molar-refractivity contribution in [3.8, 4) is 0 Å². The van der Waals surface area contributed by atoms with Gasteiger partial charge >= 0.3 is 0 Å². The number of hydrogen-bond donors (Lipinski definition) is 1. The number of hydrogen-bond acceptors (Lipinski definition) is 4. The average molecular weight is 283 g/mol. The molecule has 4 rings (SSSR count). The third-order valence-corrected chi connectivity index (χ3v) is 4.61. The van der Waals surface area contributed by atoms with E-state index in [0.717, 1.165) is 44.1 Å². The van der Waals surface area contributed by atoms with Gasteiger partial charge in [-0.1, -0.05) is 0 Å². The Morgan fingerprint density at radius 1 is 0.952 bits per heavy atom. The molecule has 2 aliphatic rings. The topological polar surface area (TPSA) is 57.7 Å². The van der Waals surface area contributed by atoms with Crippen LogP contribution in [0.1, 0.15) is 47.0 Å². The van der Waals surface area contributed by atoms with Crippen molar-refractivity contribution in [3.05, 3.63) is 34.2 Å². The molecular formula is C16H21N5. The van der Waals surface area contributed by atoms with Gasteiger partial charge in [0.1, 0.15) is 5.82 Å². The van der Waals surface area contributed by atoms with Crippen molar-refractivity contribution in [2.75, 3.05) is 11.4 Å². The van der Waals surface area contributed by atoms with Gasteiger partial charge in [-0.3, -0.25) is 0 Å². The molecule has 110 valence electrons. The minimum atomic E-state index is 0.842. The maximum Gasteiger partial charge on any atom is 0.226 e. The maximum atomic E-state index is 4.86. The van der Waals surface area contributed by atoms with E-state index in [1.165, 1.54) is 41.2 Å². The van der Waals surface area contributed by atoms with Crippen LogP contribution in [-0.2, 0) is 25.8 Å². The molecule has 0 amide bonds. The molecule has 1 aliphatic heterocycles.